The van der Waals surface area contributed by atoms with Crippen molar-refractivity contribution in [3.05, 3.63) is 41.5 Å². The molecule has 0 saturated carbocycles. The molecule has 0 unspecified atom stereocenters. The molecule has 0 radical (unpaired) electrons. The highest BCUT2D eigenvalue weighted by Crippen LogP contribution is 2.25. The van der Waals surface area contributed by atoms with Gasteiger partial charge in [-0.2, -0.15) is 0 Å². The summed E-state index contributed by atoms with van der Waals surface area (Å²) in [5, 5.41) is 13.3. The van der Waals surface area contributed by atoms with E-state index < -0.39 is 5.97 Å². The number of carbonyl (C=O) groups is 1. The molecular weight excluding hydrogens is 238 g/mol. The van der Waals surface area contributed by atoms with Crippen LogP contribution in [0.25, 0.3) is 10.9 Å². The Morgan fingerprint density at radius 1 is 1.44 bits per heavy atom. The Bertz CT molecular complexity index is 643. The van der Waals surface area contributed by atoms with E-state index in [-0.39, 0.29) is 12.6 Å². The van der Waals surface area contributed by atoms with E-state index in [0.29, 0.717) is 23.1 Å². The molecule has 1 aromatic carbocycles. The fourth-order valence-electron chi connectivity index (χ4n) is 1.91. The summed E-state index contributed by atoms with van der Waals surface area (Å²) < 4.78 is 15.0. The van der Waals surface area contributed by atoms with E-state index in [1.165, 1.54) is 6.26 Å². The first-order valence-corrected chi connectivity index (χ1v) is 5.30. The maximum Gasteiger partial charge on any atom is 0.375 e. The van der Waals surface area contributed by atoms with Crippen molar-refractivity contribution in [2.24, 2.45) is 0 Å². The van der Waals surface area contributed by atoms with Gasteiger partial charge in [-0.25, -0.2) is 4.79 Å². The normalized spacial score (nSPS) is 14.1. The van der Waals surface area contributed by atoms with Crippen LogP contribution in [-0.4, -0.2) is 23.0 Å². The molecule has 0 spiro atoms. The van der Waals surface area contributed by atoms with Crippen LogP contribution < -0.4 is 0 Å². The number of fused-ring (bicyclic) bond motifs is 1. The summed E-state index contributed by atoms with van der Waals surface area (Å²) in [4.78, 5) is 11.1. The summed E-state index contributed by atoms with van der Waals surface area (Å²) in [5.41, 5.74) is 1.30. The van der Waals surface area contributed by atoms with Crippen molar-refractivity contribution >= 4 is 16.9 Å². The lowest BCUT2D eigenvalue weighted by Gasteiger charge is -2.03. The Balaban J connectivity index is 2.09. The lowest BCUT2D eigenvalue weighted by molar-refractivity contribution is 0.0654. The first-order chi connectivity index (χ1) is 8.75. The van der Waals surface area contributed by atoms with E-state index in [1.54, 1.807) is 12.1 Å². The van der Waals surface area contributed by atoms with E-state index in [2.05, 4.69) is 5.16 Å². The maximum atomic E-state index is 11.1. The standard InChI is InChI=1S/C12H9NO5/c14-12(15)11-10-7(4-8-5-16-6-17-8)2-1-3-9(10)13-18-11/h1-3,5H,4,6H2,(H,14,15). The van der Waals surface area contributed by atoms with Gasteiger partial charge in [0.1, 0.15) is 17.5 Å². The van der Waals surface area contributed by atoms with E-state index in [0.717, 1.165) is 5.56 Å². The Morgan fingerprint density at radius 2 is 2.33 bits per heavy atom. The summed E-state index contributed by atoms with van der Waals surface area (Å²) in [7, 11) is 0. The van der Waals surface area contributed by atoms with Gasteiger partial charge in [0, 0.05) is 6.42 Å². The molecule has 0 bridgehead atoms. The molecule has 6 heteroatoms. The van der Waals surface area contributed by atoms with E-state index in [1.807, 2.05) is 6.07 Å². The van der Waals surface area contributed by atoms with Crippen molar-refractivity contribution in [3.63, 3.8) is 0 Å². The number of rotatable bonds is 3. The van der Waals surface area contributed by atoms with Crippen LogP contribution in [0.1, 0.15) is 16.1 Å². The Morgan fingerprint density at radius 3 is 3.06 bits per heavy atom. The zero-order chi connectivity index (χ0) is 12.5. The second kappa shape index (κ2) is 4.06. The molecule has 6 nitrogen and oxygen atoms in total. The average molecular weight is 247 g/mol. The van der Waals surface area contributed by atoms with Gasteiger partial charge in [-0.05, 0) is 11.6 Å². The Kier molecular flexibility index (Phi) is 2.40. The smallest absolute Gasteiger partial charge is 0.375 e. The predicted molar refractivity (Wildman–Crippen MR) is 59.8 cm³/mol. The molecule has 3 rings (SSSR count). The SMILES string of the molecule is O=C(O)c1onc2cccc(CC3=COCO3)c12. The summed E-state index contributed by atoms with van der Waals surface area (Å²) >= 11 is 0. The molecule has 0 aliphatic carbocycles. The molecule has 2 aromatic rings. The summed E-state index contributed by atoms with van der Waals surface area (Å²) in [6.07, 6.45) is 1.96. The third kappa shape index (κ3) is 1.67. The number of allylic oxidation sites excluding steroid dienone is 1. The van der Waals surface area contributed by atoms with E-state index >= 15 is 0 Å². The first kappa shape index (κ1) is 10.6. The maximum absolute atomic E-state index is 11.1. The van der Waals surface area contributed by atoms with Gasteiger partial charge in [-0.3, -0.25) is 0 Å². The highest BCUT2D eigenvalue weighted by atomic mass is 16.7. The van der Waals surface area contributed by atoms with Gasteiger partial charge in [-0.1, -0.05) is 17.3 Å². The second-order valence-electron chi connectivity index (χ2n) is 3.82. The Hall–Kier alpha value is -2.50. The van der Waals surface area contributed by atoms with Gasteiger partial charge in [-0.15, -0.1) is 0 Å². The molecule has 0 atom stereocenters. The van der Waals surface area contributed by atoms with Crippen LogP contribution in [0.2, 0.25) is 0 Å². The number of carboxylic acids is 1. The predicted octanol–water partition coefficient (Wildman–Crippen LogP) is 1.91. The van der Waals surface area contributed by atoms with Gasteiger partial charge in [0.05, 0.1) is 5.39 Å². The number of nitrogens with zero attached hydrogens (tertiary/aromatic N) is 1. The summed E-state index contributed by atoms with van der Waals surface area (Å²) in [6, 6.07) is 5.31. The highest BCUT2D eigenvalue weighted by Gasteiger charge is 2.20. The minimum atomic E-state index is -1.14. The zero-order valence-electron chi connectivity index (χ0n) is 9.25. The molecule has 0 fully saturated rings. The molecule has 1 aliphatic heterocycles. The highest BCUT2D eigenvalue weighted by molar-refractivity contribution is 6.01. The quantitative estimate of drug-likeness (QED) is 0.892. The third-order valence-electron chi connectivity index (χ3n) is 2.68. The van der Waals surface area contributed by atoms with Gasteiger partial charge >= 0.3 is 5.97 Å². The van der Waals surface area contributed by atoms with Crippen LogP contribution in [-0.2, 0) is 15.9 Å². The van der Waals surface area contributed by atoms with E-state index in [9.17, 15) is 4.79 Å². The number of ether oxygens (including phenoxy) is 2. The second-order valence-corrected chi connectivity index (χ2v) is 3.82. The minimum Gasteiger partial charge on any atom is -0.475 e. The van der Waals surface area contributed by atoms with Gasteiger partial charge in [0.25, 0.3) is 5.76 Å². The summed E-state index contributed by atoms with van der Waals surface area (Å²) in [5.74, 6) is -0.636. The van der Waals surface area contributed by atoms with Crippen molar-refractivity contribution in [2.45, 2.75) is 6.42 Å². The van der Waals surface area contributed by atoms with E-state index in [4.69, 9.17) is 19.1 Å². The lowest BCUT2D eigenvalue weighted by atomic mass is 10.0. The molecular formula is C12H9NO5. The third-order valence-corrected chi connectivity index (χ3v) is 2.68. The van der Waals surface area contributed by atoms with Gasteiger partial charge < -0.3 is 19.1 Å². The fraction of sp³-hybridized carbons (Fsp3) is 0.167. The summed E-state index contributed by atoms with van der Waals surface area (Å²) in [6.45, 7) is 0.195. The number of hydrogen-bond donors (Lipinski definition) is 1. The zero-order valence-corrected chi connectivity index (χ0v) is 9.25. The van der Waals surface area contributed by atoms with Crippen molar-refractivity contribution in [3.8, 4) is 0 Å². The molecule has 18 heavy (non-hydrogen) atoms. The van der Waals surface area contributed by atoms with Crippen molar-refractivity contribution < 1.29 is 23.9 Å². The van der Waals surface area contributed by atoms with Crippen molar-refractivity contribution in [1.82, 2.24) is 5.16 Å². The van der Waals surface area contributed by atoms with Crippen LogP contribution in [0.3, 0.4) is 0 Å². The number of aromatic nitrogens is 1. The lowest BCUT2D eigenvalue weighted by Crippen LogP contribution is -1.98. The van der Waals surface area contributed by atoms with Crippen molar-refractivity contribution in [1.29, 1.82) is 0 Å². The van der Waals surface area contributed by atoms with Crippen LogP contribution >= 0.6 is 0 Å². The number of aromatic carboxylic acids is 1. The molecule has 2 heterocycles. The number of benzene rings is 1. The van der Waals surface area contributed by atoms with Crippen LogP contribution in [0.15, 0.2) is 34.7 Å². The molecule has 1 aliphatic rings. The molecule has 1 N–H and O–H groups in total. The van der Waals surface area contributed by atoms with Crippen LogP contribution in [0.5, 0.6) is 0 Å². The van der Waals surface area contributed by atoms with Crippen LogP contribution in [0, 0.1) is 0 Å². The van der Waals surface area contributed by atoms with Crippen LogP contribution in [0.4, 0.5) is 0 Å². The Labute approximate surface area is 101 Å². The fourth-order valence-corrected chi connectivity index (χ4v) is 1.91. The molecule has 1 aromatic heterocycles. The topological polar surface area (TPSA) is 81.8 Å². The average Bonchev–Trinajstić information content (AvgIpc) is 2.97. The molecule has 92 valence electrons. The minimum absolute atomic E-state index is 0.153. The van der Waals surface area contributed by atoms with Crippen molar-refractivity contribution in [2.75, 3.05) is 6.79 Å². The molecule has 0 saturated heterocycles. The largest absolute Gasteiger partial charge is 0.475 e. The van der Waals surface area contributed by atoms with Gasteiger partial charge in [0.2, 0.25) is 6.79 Å². The number of carboxylic acid groups (broad SMARTS) is 1. The number of hydrogen-bond acceptors (Lipinski definition) is 5. The van der Waals surface area contributed by atoms with Gasteiger partial charge in [0.15, 0.2) is 0 Å². The monoisotopic (exact) mass is 247 g/mol. The molecule has 0 amide bonds. The first-order valence-electron chi connectivity index (χ1n) is 5.30.